The summed E-state index contributed by atoms with van der Waals surface area (Å²) >= 11 is 0. The smallest absolute Gasteiger partial charge is 0.260 e. The molecule has 1 aromatic carbocycles. The van der Waals surface area contributed by atoms with Crippen LogP contribution in [0.5, 0.6) is 5.75 Å². The van der Waals surface area contributed by atoms with Crippen LogP contribution in [0.25, 0.3) is 0 Å². The van der Waals surface area contributed by atoms with Gasteiger partial charge < -0.3 is 15.0 Å². The number of nitrogens with zero attached hydrogens (tertiary/aromatic N) is 1. The Morgan fingerprint density at radius 2 is 2.15 bits per heavy atom. The van der Waals surface area contributed by atoms with E-state index in [4.69, 9.17) is 4.74 Å². The summed E-state index contributed by atoms with van der Waals surface area (Å²) < 4.78 is 5.54. The van der Waals surface area contributed by atoms with Crippen molar-refractivity contribution in [3.63, 3.8) is 0 Å². The third-order valence-corrected chi connectivity index (χ3v) is 3.04. The van der Waals surface area contributed by atoms with Crippen LogP contribution in [0.1, 0.15) is 26.3 Å². The minimum atomic E-state index is -0.00386. The molecule has 0 aromatic heterocycles. The maximum Gasteiger partial charge on any atom is 0.260 e. The summed E-state index contributed by atoms with van der Waals surface area (Å²) in [6.45, 7) is 8.90. The van der Waals surface area contributed by atoms with E-state index in [-0.39, 0.29) is 12.5 Å². The molecule has 0 aliphatic heterocycles. The summed E-state index contributed by atoms with van der Waals surface area (Å²) in [7, 11) is 1.78. The number of rotatable bonds is 8. The fraction of sp³-hybridized carbons (Fsp3) is 0.562. The highest BCUT2D eigenvalue weighted by atomic mass is 16.5. The average Bonchev–Trinajstić information content (AvgIpc) is 2.44. The maximum atomic E-state index is 11.7. The molecule has 4 heteroatoms. The summed E-state index contributed by atoms with van der Waals surface area (Å²) in [5.74, 6) is 1.37. The lowest BCUT2D eigenvalue weighted by Gasteiger charge is -2.15. The van der Waals surface area contributed by atoms with E-state index in [0.29, 0.717) is 12.5 Å². The highest BCUT2D eigenvalue weighted by Crippen LogP contribution is 2.13. The minimum Gasteiger partial charge on any atom is -0.484 e. The molecule has 0 atom stereocenters. The van der Waals surface area contributed by atoms with E-state index in [9.17, 15) is 4.79 Å². The second kappa shape index (κ2) is 8.59. The van der Waals surface area contributed by atoms with E-state index >= 15 is 0 Å². The Kier molecular flexibility index (Phi) is 7.09. The Morgan fingerprint density at radius 1 is 1.40 bits per heavy atom. The first-order valence-corrected chi connectivity index (χ1v) is 7.19. The number of ether oxygens (including phenoxy) is 1. The molecule has 0 fully saturated rings. The topological polar surface area (TPSA) is 41.6 Å². The van der Waals surface area contributed by atoms with Crippen LogP contribution in [0.4, 0.5) is 0 Å². The zero-order chi connectivity index (χ0) is 15.0. The second-order valence-corrected chi connectivity index (χ2v) is 5.37. The highest BCUT2D eigenvalue weighted by molar-refractivity contribution is 5.77. The van der Waals surface area contributed by atoms with Gasteiger partial charge in [-0.1, -0.05) is 26.0 Å². The van der Waals surface area contributed by atoms with Crippen LogP contribution < -0.4 is 10.1 Å². The zero-order valence-electron chi connectivity index (χ0n) is 13.0. The predicted molar refractivity (Wildman–Crippen MR) is 81.8 cm³/mol. The van der Waals surface area contributed by atoms with Gasteiger partial charge in [-0.2, -0.15) is 0 Å². The molecule has 0 unspecified atom stereocenters. The van der Waals surface area contributed by atoms with E-state index in [1.54, 1.807) is 11.9 Å². The van der Waals surface area contributed by atoms with Crippen molar-refractivity contribution in [2.45, 2.75) is 27.3 Å². The Morgan fingerprint density at radius 3 is 2.80 bits per heavy atom. The van der Waals surface area contributed by atoms with Gasteiger partial charge in [-0.25, -0.2) is 0 Å². The lowest BCUT2D eigenvalue weighted by atomic mass is 10.2. The summed E-state index contributed by atoms with van der Waals surface area (Å²) in [6.07, 6.45) is 0. The molecule has 1 amide bonds. The molecule has 0 spiro atoms. The third-order valence-electron chi connectivity index (χ3n) is 3.04. The molecule has 0 heterocycles. The van der Waals surface area contributed by atoms with Crippen LogP contribution >= 0.6 is 0 Å². The van der Waals surface area contributed by atoms with Crippen LogP contribution in [-0.2, 0) is 11.3 Å². The SMILES string of the molecule is CCN(C)C(=O)COc1cccc(CNCC(C)C)c1. The molecule has 0 aliphatic carbocycles. The largest absolute Gasteiger partial charge is 0.484 e. The molecule has 112 valence electrons. The molecule has 0 aliphatic rings. The summed E-state index contributed by atoms with van der Waals surface area (Å²) in [5, 5.41) is 3.39. The van der Waals surface area contributed by atoms with Crippen molar-refractivity contribution in [1.29, 1.82) is 0 Å². The average molecular weight is 278 g/mol. The molecule has 0 bridgehead atoms. The van der Waals surface area contributed by atoms with E-state index in [0.717, 1.165) is 18.8 Å². The van der Waals surface area contributed by atoms with Crippen molar-refractivity contribution in [1.82, 2.24) is 10.2 Å². The number of carbonyl (C=O) groups is 1. The van der Waals surface area contributed by atoms with Gasteiger partial charge in [0.2, 0.25) is 0 Å². The van der Waals surface area contributed by atoms with E-state index < -0.39 is 0 Å². The quantitative estimate of drug-likeness (QED) is 0.793. The van der Waals surface area contributed by atoms with Gasteiger partial charge in [0.1, 0.15) is 5.75 Å². The standard InChI is InChI=1S/C16H26N2O2/c1-5-18(4)16(19)12-20-15-8-6-7-14(9-15)11-17-10-13(2)3/h6-9,13,17H,5,10-12H2,1-4H3. The van der Waals surface area contributed by atoms with E-state index in [2.05, 4.69) is 25.2 Å². The molecule has 0 radical (unpaired) electrons. The molecule has 0 saturated carbocycles. The van der Waals surface area contributed by atoms with Gasteiger partial charge in [-0.05, 0) is 37.1 Å². The van der Waals surface area contributed by atoms with Crippen LogP contribution in [0.2, 0.25) is 0 Å². The lowest BCUT2D eigenvalue weighted by Crippen LogP contribution is -2.31. The second-order valence-electron chi connectivity index (χ2n) is 5.37. The number of nitrogens with one attached hydrogen (secondary N) is 1. The Balaban J connectivity index is 2.45. The molecular formula is C16H26N2O2. The third kappa shape index (κ3) is 6.06. The molecule has 0 saturated heterocycles. The van der Waals surface area contributed by atoms with Gasteiger partial charge in [0.15, 0.2) is 6.61 Å². The first-order valence-electron chi connectivity index (χ1n) is 7.19. The van der Waals surface area contributed by atoms with Gasteiger partial charge in [0.25, 0.3) is 5.91 Å². The number of carbonyl (C=O) groups excluding carboxylic acids is 1. The number of hydrogen-bond donors (Lipinski definition) is 1. The molecule has 1 N–H and O–H groups in total. The lowest BCUT2D eigenvalue weighted by molar-refractivity contribution is -0.131. The first kappa shape index (κ1) is 16.5. The fourth-order valence-corrected chi connectivity index (χ4v) is 1.68. The van der Waals surface area contributed by atoms with Crippen molar-refractivity contribution in [3.8, 4) is 5.75 Å². The molecule has 20 heavy (non-hydrogen) atoms. The normalized spacial score (nSPS) is 10.7. The van der Waals surface area contributed by atoms with Gasteiger partial charge in [-0.3, -0.25) is 4.79 Å². The maximum absolute atomic E-state index is 11.7. The molecule has 1 rings (SSSR count). The summed E-state index contributed by atoms with van der Waals surface area (Å²) in [6, 6.07) is 7.87. The van der Waals surface area contributed by atoms with Gasteiger partial charge in [0, 0.05) is 20.1 Å². The first-order chi connectivity index (χ1) is 9.52. The van der Waals surface area contributed by atoms with Crippen molar-refractivity contribution in [2.75, 3.05) is 26.7 Å². The van der Waals surface area contributed by atoms with Gasteiger partial charge in [-0.15, -0.1) is 0 Å². The number of likely N-dealkylation sites (N-methyl/N-ethyl adjacent to an activating group) is 1. The molecule has 4 nitrogen and oxygen atoms in total. The molecular weight excluding hydrogens is 252 g/mol. The van der Waals surface area contributed by atoms with Crippen molar-refractivity contribution in [2.24, 2.45) is 5.92 Å². The van der Waals surface area contributed by atoms with Crippen LogP contribution in [0, 0.1) is 5.92 Å². The Hall–Kier alpha value is -1.55. The van der Waals surface area contributed by atoms with Crippen LogP contribution in [-0.4, -0.2) is 37.6 Å². The fourth-order valence-electron chi connectivity index (χ4n) is 1.68. The van der Waals surface area contributed by atoms with Crippen molar-refractivity contribution < 1.29 is 9.53 Å². The highest BCUT2D eigenvalue weighted by Gasteiger charge is 2.07. The summed E-state index contributed by atoms with van der Waals surface area (Å²) in [4.78, 5) is 13.3. The Labute approximate surface area is 122 Å². The Bertz CT molecular complexity index is 419. The number of amides is 1. The van der Waals surface area contributed by atoms with Crippen LogP contribution in [0.3, 0.4) is 0 Å². The van der Waals surface area contributed by atoms with Crippen molar-refractivity contribution in [3.05, 3.63) is 29.8 Å². The van der Waals surface area contributed by atoms with Gasteiger partial charge in [0.05, 0.1) is 0 Å². The van der Waals surface area contributed by atoms with E-state index in [1.165, 1.54) is 5.56 Å². The molecule has 1 aromatic rings. The van der Waals surface area contributed by atoms with Gasteiger partial charge >= 0.3 is 0 Å². The summed E-state index contributed by atoms with van der Waals surface area (Å²) in [5.41, 5.74) is 1.17. The zero-order valence-corrected chi connectivity index (χ0v) is 13.0. The minimum absolute atomic E-state index is 0.00386. The van der Waals surface area contributed by atoms with E-state index in [1.807, 2.05) is 25.1 Å². The number of hydrogen-bond acceptors (Lipinski definition) is 3. The monoisotopic (exact) mass is 278 g/mol. The number of benzene rings is 1. The van der Waals surface area contributed by atoms with Crippen molar-refractivity contribution >= 4 is 5.91 Å². The van der Waals surface area contributed by atoms with Crippen LogP contribution in [0.15, 0.2) is 24.3 Å². The predicted octanol–water partition coefficient (Wildman–Crippen LogP) is 2.29.